The molecule has 1 aliphatic rings. The number of amides is 1. The van der Waals surface area contributed by atoms with Crippen LogP contribution in [0.4, 0.5) is 0 Å². The molecule has 148 valence electrons. The van der Waals surface area contributed by atoms with Crippen molar-refractivity contribution in [3.05, 3.63) is 77.0 Å². The van der Waals surface area contributed by atoms with Gasteiger partial charge in [-0.3, -0.25) is 14.7 Å². The number of carbonyl (C=O) groups is 1. The monoisotopic (exact) mass is 407 g/mol. The Morgan fingerprint density at radius 3 is 2.59 bits per heavy atom. The minimum atomic E-state index is 0.0267. The molecule has 6 heteroatoms. The summed E-state index contributed by atoms with van der Waals surface area (Å²) in [6, 6.07) is 14.9. The Balaban J connectivity index is 1.35. The number of nitrogens with zero attached hydrogens (tertiary/aromatic N) is 3. The summed E-state index contributed by atoms with van der Waals surface area (Å²) < 4.78 is 0. The van der Waals surface area contributed by atoms with Crippen molar-refractivity contribution in [3.8, 4) is 5.75 Å². The summed E-state index contributed by atoms with van der Waals surface area (Å²) in [5.41, 5.74) is 2.72. The smallest absolute Gasteiger partial charge is 0.246 e. The SMILES string of the molecule is O=C(/C=C/c1ccc(Cl)cc1)N1CCN(Cc2ccc(O)c3ncccc23)CC1. The molecule has 2 heterocycles. The van der Waals surface area contributed by atoms with Gasteiger partial charge in [0.15, 0.2) is 0 Å². The van der Waals surface area contributed by atoms with E-state index in [0.29, 0.717) is 23.6 Å². The summed E-state index contributed by atoms with van der Waals surface area (Å²) in [4.78, 5) is 21.0. The Bertz CT molecular complexity index is 1040. The molecule has 0 atom stereocenters. The van der Waals surface area contributed by atoms with Crippen molar-refractivity contribution in [2.45, 2.75) is 6.54 Å². The van der Waals surface area contributed by atoms with Gasteiger partial charge in [-0.05, 0) is 41.5 Å². The molecule has 1 N–H and O–H groups in total. The number of aromatic nitrogens is 1. The van der Waals surface area contributed by atoms with E-state index in [1.54, 1.807) is 18.3 Å². The first-order chi connectivity index (χ1) is 14.1. The maximum atomic E-state index is 12.5. The van der Waals surface area contributed by atoms with Crippen molar-refractivity contribution in [2.24, 2.45) is 0 Å². The largest absolute Gasteiger partial charge is 0.506 e. The lowest BCUT2D eigenvalue weighted by molar-refractivity contribution is -0.127. The van der Waals surface area contributed by atoms with Crippen LogP contribution in [0.2, 0.25) is 5.02 Å². The Morgan fingerprint density at radius 1 is 1.07 bits per heavy atom. The summed E-state index contributed by atoms with van der Waals surface area (Å²) in [5, 5.41) is 11.7. The number of fused-ring (bicyclic) bond motifs is 1. The molecule has 1 fully saturated rings. The van der Waals surface area contributed by atoms with Gasteiger partial charge in [0.2, 0.25) is 5.91 Å². The van der Waals surface area contributed by atoms with E-state index in [9.17, 15) is 9.90 Å². The molecule has 29 heavy (non-hydrogen) atoms. The molecule has 0 aliphatic carbocycles. The fraction of sp³-hybridized carbons (Fsp3) is 0.217. The third-order valence-corrected chi connectivity index (χ3v) is 5.46. The number of hydrogen-bond acceptors (Lipinski definition) is 4. The first-order valence-corrected chi connectivity index (χ1v) is 9.98. The number of pyridine rings is 1. The zero-order chi connectivity index (χ0) is 20.2. The van der Waals surface area contributed by atoms with Crippen molar-refractivity contribution in [1.29, 1.82) is 0 Å². The average molecular weight is 408 g/mol. The van der Waals surface area contributed by atoms with Crippen LogP contribution in [0, 0.1) is 0 Å². The van der Waals surface area contributed by atoms with E-state index in [0.717, 1.165) is 36.1 Å². The summed E-state index contributed by atoms with van der Waals surface area (Å²) in [5.74, 6) is 0.228. The van der Waals surface area contributed by atoms with Crippen LogP contribution in [0.25, 0.3) is 17.0 Å². The van der Waals surface area contributed by atoms with Gasteiger partial charge in [-0.15, -0.1) is 0 Å². The Morgan fingerprint density at radius 2 is 1.83 bits per heavy atom. The number of hydrogen-bond donors (Lipinski definition) is 1. The maximum Gasteiger partial charge on any atom is 0.246 e. The lowest BCUT2D eigenvalue weighted by Crippen LogP contribution is -2.47. The quantitative estimate of drug-likeness (QED) is 0.665. The normalized spacial score (nSPS) is 15.3. The van der Waals surface area contributed by atoms with Gasteiger partial charge in [-0.25, -0.2) is 0 Å². The highest BCUT2D eigenvalue weighted by Gasteiger charge is 2.20. The molecule has 1 aromatic heterocycles. The predicted molar refractivity (Wildman–Crippen MR) is 116 cm³/mol. The van der Waals surface area contributed by atoms with E-state index in [1.807, 2.05) is 53.4 Å². The fourth-order valence-electron chi connectivity index (χ4n) is 3.57. The van der Waals surface area contributed by atoms with E-state index in [2.05, 4.69) is 9.88 Å². The zero-order valence-electron chi connectivity index (χ0n) is 16.0. The second-order valence-corrected chi connectivity index (χ2v) is 7.57. The van der Waals surface area contributed by atoms with Gasteiger partial charge in [0.05, 0.1) is 0 Å². The minimum absolute atomic E-state index is 0.0267. The Kier molecular flexibility index (Phi) is 5.79. The summed E-state index contributed by atoms with van der Waals surface area (Å²) >= 11 is 5.89. The highest BCUT2D eigenvalue weighted by molar-refractivity contribution is 6.30. The van der Waals surface area contributed by atoms with Crippen molar-refractivity contribution in [2.75, 3.05) is 26.2 Å². The highest BCUT2D eigenvalue weighted by atomic mass is 35.5. The molecule has 1 saturated heterocycles. The molecule has 0 saturated carbocycles. The number of carbonyl (C=O) groups excluding carboxylic acids is 1. The van der Waals surface area contributed by atoms with E-state index >= 15 is 0 Å². The summed E-state index contributed by atoms with van der Waals surface area (Å²) in [7, 11) is 0. The van der Waals surface area contributed by atoms with Crippen LogP contribution in [-0.2, 0) is 11.3 Å². The molecule has 5 nitrogen and oxygen atoms in total. The third kappa shape index (κ3) is 4.58. The molecule has 0 spiro atoms. The zero-order valence-corrected chi connectivity index (χ0v) is 16.7. The molecular weight excluding hydrogens is 386 g/mol. The molecular formula is C23H22ClN3O2. The van der Waals surface area contributed by atoms with Gasteiger partial charge in [0.1, 0.15) is 11.3 Å². The molecule has 1 amide bonds. The van der Waals surface area contributed by atoms with Gasteiger partial charge >= 0.3 is 0 Å². The van der Waals surface area contributed by atoms with Crippen molar-refractivity contribution in [3.63, 3.8) is 0 Å². The van der Waals surface area contributed by atoms with Crippen molar-refractivity contribution in [1.82, 2.24) is 14.8 Å². The van der Waals surface area contributed by atoms with Crippen LogP contribution in [0.1, 0.15) is 11.1 Å². The number of piperazine rings is 1. The topological polar surface area (TPSA) is 56.7 Å². The van der Waals surface area contributed by atoms with Crippen LogP contribution in [0.5, 0.6) is 5.75 Å². The lowest BCUT2D eigenvalue weighted by atomic mass is 10.1. The molecule has 1 aliphatic heterocycles. The Labute approximate surface area is 174 Å². The molecule has 0 unspecified atom stereocenters. The minimum Gasteiger partial charge on any atom is -0.506 e. The van der Waals surface area contributed by atoms with Gasteiger partial charge in [-0.1, -0.05) is 35.9 Å². The second-order valence-electron chi connectivity index (χ2n) is 7.13. The summed E-state index contributed by atoms with van der Waals surface area (Å²) in [6.45, 7) is 3.77. The van der Waals surface area contributed by atoms with Crippen LogP contribution in [0.3, 0.4) is 0 Å². The molecule has 0 radical (unpaired) electrons. The number of phenolic OH excluding ortho intramolecular Hbond substituents is 1. The van der Waals surface area contributed by atoms with E-state index < -0.39 is 0 Å². The average Bonchev–Trinajstić information content (AvgIpc) is 2.76. The molecule has 4 rings (SSSR count). The van der Waals surface area contributed by atoms with E-state index in [4.69, 9.17) is 11.6 Å². The second kappa shape index (κ2) is 8.64. The first-order valence-electron chi connectivity index (χ1n) is 9.60. The van der Waals surface area contributed by atoms with Gasteiger partial charge in [0, 0.05) is 55.4 Å². The maximum absolute atomic E-state index is 12.5. The first kappa shape index (κ1) is 19.4. The fourth-order valence-corrected chi connectivity index (χ4v) is 3.69. The van der Waals surface area contributed by atoms with Crippen LogP contribution < -0.4 is 0 Å². The Hall–Kier alpha value is -2.89. The van der Waals surface area contributed by atoms with Crippen molar-refractivity contribution < 1.29 is 9.90 Å². The van der Waals surface area contributed by atoms with Gasteiger partial charge in [-0.2, -0.15) is 0 Å². The van der Waals surface area contributed by atoms with Crippen LogP contribution in [-0.4, -0.2) is 52.0 Å². The standard InChI is InChI=1S/C23H22ClN3O2/c24-19-7-3-17(4-8-19)5-10-22(29)27-14-12-26(13-15-27)16-18-6-9-21(28)23-20(18)2-1-11-25-23/h1-11,28H,12-16H2/b10-5+. The van der Waals surface area contributed by atoms with Gasteiger partial charge < -0.3 is 10.0 Å². The molecule has 0 bridgehead atoms. The molecule has 3 aromatic rings. The number of benzene rings is 2. The number of halogens is 1. The lowest BCUT2D eigenvalue weighted by Gasteiger charge is -2.34. The predicted octanol–water partition coefficient (Wildman–Crippen LogP) is 3.95. The summed E-state index contributed by atoms with van der Waals surface area (Å²) in [6.07, 6.45) is 5.13. The third-order valence-electron chi connectivity index (χ3n) is 5.20. The van der Waals surface area contributed by atoms with Crippen LogP contribution in [0.15, 0.2) is 60.8 Å². The number of phenols is 1. The van der Waals surface area contributed by atoms with Crippen LogP contribution >= 0.6 is 11.6 Å². The molecule has 2 aromatic carbocycles. The highest BCUT2D eigenvalue weighted by Crippen LogP contribution is 2.26. The van der Waals surface area contributed by atoms with E-state index in [1.165, 1.54) is 0 Å². The van der Waals surface area contributed by atoms with Gasteiger partial charge in [0.25, 0.3) is 0 Å². The number of rotatable bonds is 4. The van der Waals surface area contributed by atoms with E-state index in [-0.39, 0.29) is 11.7 Å². The van der Waals surface area contributed by atoms with Crippen molar-refractivity contribution >= 4 is 34.5 Å². The number of aromatic hydroxyl groups is 1.